The number of phenols is 1. The first-order valence-corrected chi connectivity index (χ1v) is 8.14. The van der Waals surface area contributed by atoms with Crippen molar-refractivity contribution in [2.75, 3.05) is 30.9 Å². The Kier molecular flexibility index (Phi) is 5.19. The van der Waals surface area contributed by atoms with Gasteiger partial charge in [-0.3, -0.25) is 0 Å². The molecule has 0 aliphatic carbocycles. The van der Waals surface area contributed by atoms with Gasteiger partial charge in [-0.15, -0.1) is 0 Å². The Morgan fingerprint density at radius 3 is 3.00 bits per heavy atom. The first kappa shape index (κ1) is 16.2. The lowest BCUT2D eigenvalue weighted by Crippen LogP contribution is -2.06. The van der Waals surface area contributed by atoms with Gasteiger partial charge in [0, 0.05) is 37.8 Å². The maximum atomic E-state index is 9.51. The van der Waals surface area contributed by atoms with Gasteiger partial charge < -0.3 is 20.5 Å². The summed E-state index contributed by atoms with van der Waals surface area (Å²) in [6.45, 7) is 1.33. The molecule has 0 radical (unpaired) electrons. The quantitative estimate of drug-likeness (QED) is 0.568. The van der Waals surface area contributed by atoms with Gasteiger partial charge in [-0.1, -0.05) is 17.4 Å². The second-order valence-corrected chi connectivity index (χ2v) is 5.92. The molecule has 0 spiro atoms. The Morgan fingerprint density at radius 2 is 2.17 bits per heavy atom. The largest absolute Gasteiger partial charge is 0.508 e. The third kappa shape index (κ3) is 4.18. The van der Waals surface area contributed by atoms with Gasteiger partial charge in [-0.25, -0.2) is 15.0 Å². The van der Waals surface area contributed by atoms with Crippen LogP contribution in [0.15, 0.2) is 42.7 Å². The summed E-state index contributed by atoms with van der Waals surface area (Å²) >= 11 is 1.52. The molecule has 124 valence electrons. The maximum absolute atomic E-state index is 9.51. The summed E-state index contributed by atoms with van der Waals surface area (Å²) in [5.74, 6) is 0.644. The Bertz CT molecular complexity index is 808. The molecule has 8 heteroatoms. The number of thiazole rings is 1. The van der Waals surface area contributed by atoms with Gasteiger partial charge >= 0.3 is 0 Å². The lowest BCUT2D eigenvalue weighted by Gasteiger charge is -2.05. The van der Waals surface area contributed by atoms with Crippen molar-refractivity contribution >= 4 is 28.1 Å². The average Bonchev–Trinajstić information content (AvgIpc) is 3.04. The molecule has 0 fully saturated rings. The summed E-state index contributed by atoms with van der Waals surface area (Å²) in [4.78, 5) is 14.0. The molecular weight excluding hydrogens is 326 g/mol. The number of nitrogens with one attached hydrogen (secondary N) is 2. The lowest BCUT2D eigenvalue weighted by molar-refractivity contribution is 0.211. The number of aromatic hydroxyl groups is 1. The summed E-state index contributed by atoms with van der Waals surface area (Å²) < 4.78 is 5.00. The highest BCUT2D eigenvalue weighted by Gasteiger charge is 2.07. The van der Waals surface area contributed by atoms with Crippen LogP contribution in [0.1, 0.15) is 0 Å². The minimum Gasteiger partial charge on any atom is -0.508 e. The van der Waals surface area contributed by atoms with E-state index in [2.05, 4.69) is 25.6 Å². The van der Waals surface area contributed by atoms with Gasteiger partial charge in [0.15, 0.2) is 5.13 Å². The van der Waals surface area contributed by atoms with E-state index in [1.165, 1.54) is 11.3 Å². The highest BCUT2D eigenvalue weighted by Crippen LogP contribution is 2.28. The van der Waals surface area contributed by atoms with Crippen LogP contribution in [0.2, 0.25) is 0 Å². The summed E-state index contributed by atoms with van der Waals surface area (Å²) in [6.07, 6.45) is 3.46. The molecule has 0 saturated heterocycles. The number of hydrogen-bond donors (Lipinski definition) is 3. The van der Waals surface area contributed by atoms with E-state index in [1.54, 1.807) is 37.7 Å². The average molecular weight is 343 g/mol. The second kappa shape index (κ2) is 7.71. The number of anilines is 3. The standard InChI is InChI=1S/C16H17N5O2S/c1-23-8-7-18-16-19-10-14(24-16)13-5-6-17-15(21-13)20-11-3-2-4-12(22)9-11/h2-6,9-10,22H,7-8H2,1H3,(H,18,19)(H,17,20,21). The fourth-order valence-electron chi connectivity index (χ4n) is 2.00. The van der Waals surface area contributed by atoms with Gasteiger partial charge in [-0.2, -0.15) is 0 Å². The smallest absolute Gasteiger partial charge is 0.227 e. The van der Waals surface area contributed by atoms with Crippen molar-refractivity contribution < 1.29 is 9.84 Å². The van der Waals surface area contributed by atoms with Crippen LogP contribution in [0.5, 0.6) is 5.75 Å². The molecule has 3 aromatic rings. The number of hydrogen-bond acceptors (Lipinski definition) is 8. The summed E-state index contributed by atoms with van der Waals surface area (Å²) in [5, 5.41) is 16.6. The summed E-state index contributed by atoms with van der Waals surface area (Å²) in [6, 6.07) is 8.64. The lowest BCUT2D eigenvalue weighted by atomic mass is 10.3. The van der Waals surface area contributed by atoms with E-state index in [0.717, 1.165) is 21.4 Å². The molecule has 3 rings (SSSR count). The van der Waals surface area contributed by atoms with Crippen molar-refractivity contribution in [2.45, 2.75) is 0 Å². The molecule has 0 aliphatic heterocycles. The molecule has 0 bridgehead atoms. The third-order valence-electron chi connectivity index (χ3n) is 3.10. The number of ether oxygens (including phenoxy) is 1. The van der Waals surface area contributed by atoms with Crippen LogP contribution in [-0.4, -0.2) is 40.3 Å². The summed E-state index contributed by atoms with van der Waals surface area (Å²) in [5.41, 5.74) is 1.50. The van der Waals surface area contributed by atoms with Crippen LogP contribution in [-0.2, 0) is 4.74 Å². The molecule has 0 saturated carbocycles. The molecule has 3 N–H and O–H groups in total. The van der Waals surface area contributed by atoms with Crippen LogP contribution in [0.25, 0.3) is 10.6 Å². The van der Waals surface area contributed by atoms with Crippen LogP contribution in [0.4, 0.5) is 16.8 Å². The van der Waals surface area contributed by atoms with Crippen LogP contribution >= 0.6 is 11.3 Å². The van der Waals surface area contributed by atoms with E-state index < -0.39 is 0 Å². The minimum atomic E-state index is 0.186. The van der Waals surface area contributed by atoms with E-state index in [4.69, 9.17) is 4.74 Å². The molecule has 1 aromatic carbocycles. The predicted molar refractivity (Wildman–Crippen MR) is 94.9 cm³/mol. The number of phenolic OH excluding ortho intramolecular Hbond substituents is 1. The molecule has 0 amide bonds. The van der Waals surface area contributed by atoms with Crippen molar-refractivity contribution in [1.29, 1.82) is 0 Å². The normalized spacial score (nSPS) is 10.5. The zero-order chi connectivity index (χ0) is 16.8. The maximum Gasteiger partial charge on any atom is 0.227 e. The first-order valence-electron chi connectivity index (χ1n) is 7.33. The molecule has 24 heavy (non-hydrogen) atoms. The van der Waals surface area contributed by atoms with Gasteiger partial charge in [0.25, 0.3) is 0 Å². The fraction of sp³-hybridized carbons (Fsp3) is 0.188. The zero-order valence-corrected chi connectivity index (χ0v) is 13.9. The van der Waals surface area contributed by atoms with Crippen LogP contribution in [0.3, 0.4) is 0 Å². The molecule has 7 nitrogen and oxygen atoms in total. The third-order valence-corrected chi connectivity index (χ3v) is 4.08. The predicted octanol–water partition coefficient (Wildman–Crippen LogP) is 3.11. The summed E-state index contributed by atoms with van der Waals surface area (Å²) in [7, 11) is 1.66. The Hall–Kier alpha value is -2.71. The molecule has 2 heterocycles. The molecule has 0 unspecified atom stereocenters. The highest BCUT2D eigenvalue weighted by atomic mass is 32.1. The number of methoxy groups -OCH3 is 1. The van der Waals surface area contributed by atoms with Crippen molar-refractivity contribution in [2.24, 2.45) is 0 Å². The Labute approximate surface area is 143 Å². The number of nitrogens with zero attached hydrogens (tertiary/aromatic N) is 3. The minimum absolute atomic E-state index is 0.186. The SMILES string of the molecule is COCCNc1ncc(-c2ccnc(Nc3cccc(O)c3)n2)s1. The van der Waals surface area contributed by atoms with Gasteiger partial charge in [0.2, 0.25) is 5.95 Å². The first-order chi connectivity index (χ1) is 11.7. The molecule has 2 aromatic heterocycles. The Balaban J connectivity index is 1.73. The van der Waals surface area contributed by atoms with E-state index >= 15 is 0 Å². The molecular formula is C16H17N5O2S. The number of benzene rings is 1. The van der Waals surface area contributed by atoms with Crippen molar-refractivity contribution in [1.82, 2.24) is 15.0 Å². The van der Waals surface area contributed by atoms with Gasteiger partial charge in [0.05, 0.1) is 17.2 Å². The van der Waals surface area contributed by atoms with E-state index in [1.807, 2.05) is 12.1 Å². The Morgan fingerprint density at radius 1 is 1.25 bits per heavy atom. The topological polar surface area (TPSA) is 92.2 Å². The monoisotopic (exact) mass is 343 g/mol. The van der Waals surface area contributed by atoms with Crippen molar-refractivity contribution in [3.63, 3.8) is 0 Å². The van der Waals surface area contributed by atoms with E-state index in [0.29, 0.717) is 19.1 Å². The fourth-order valence-corrected chi connectivity index (χ4v) is 2.81. The van der Waals surface area contributed by atoms with E-state index in [-0.39, 0.29) is 5.75 Å². The number of rotatable bonds is 7. The van der Waals surface area contributed by atoms with Crippen molar-refractivity contribution in [3.8, 4) is 16.3 Å². The van der Waals surface area contributed by atoms with Crippen LogP contribution in [0, 0.1) is 0 Å². The van der Waals surface area contributed by atoms with Crippen LogP contribution < -0.4 is 10.6 Å². The second-order valence-electron chi connectivity index (χ2n) is 4.89. The van der Waals surface area contributed by atoms with E-state index in [9.17, 15) is 5.11 Å². The molecule has 0 atom stereocenters. The zero-order valence-electron chi connectivity index (χ0n) is 13.1. The molecule has 0 aliphatic rings. The van der Waals surface area contributed by atoms with Crippen molar-refractivity contribution in [3.05, 3.63) is 42.7 Å². The highest BCUT2D eigenvalue weighted by molar-refractivity contribution is 7.18. The van der Waals surface area contributed by atoms with Gasteiger partial charge in [0.1, 0.15) is 5.75 Å². The number of aromatic nitrogens is 3. The van der Waals surface area contributed by atoms with Gasteiger partial charge in [-0.05, 0) is 18.2 Å².